The van der Waals surface area contributed by atoms with Gasteiger partial charge in [-0.05, 0) is 12.5 Å². The van der Waals surface area contributed by atoms with Crippen LogP contribution in [0.15, 0.2) is 30.5 Å². The number of fused-ring (bicyclic) bond motifs is 1. The second kappa shape index (κ2) is 6.23. The van der Waals surface area contributed by atoms with Crippen molar-refractivity contribution in [1.29, 1.82) is 0 Å². The fourth-order valence-electron chi connectivity index (χ4n) is 2.19. The molecule has 1 aromatic heterocycles. The maximum Gasteiger partial charge on any atom is 0.256 e. The zero-order valence-electron chi connectivity index (χ0n) is 11.8. The van der Waals surface area contributed by atoms with E-state index in [2.05, 4.69) is 10.3 Å². The molecule has 0 fully saturated rings. The largest absolute Gasteiger partial charge is 0.360 e. The van der Waals surface area contributed by atoms with Crippen LogP contribution in [0, 0.1) is 0 Å². The number of amides is 2. The molecule has 106 valence electrons. The summed E-state index contributed by atoms with van der Waals surface area (Å²) in [5, 5.41) is 3.44. The number of benzene rings is 1. The van der Waals surface area contributed by atoms with E-state index in [-0.39, 0.29) is 18.4 Å². The van der Waals surface area contributed by atoms with Crippen molar-refractivity contribution in [2.24, 2.45) is 0 Å². The van der Waals surface area contributed by atoms with Gasteiger partial charge >= 0.3 is 0 Å². The summed E-state index contributed by atoms with van der Waals surface area (Å²) < 4.78 is 0. The van der Waals surface area contributed by atoms with Crippen molar-refractivity contribution < 1.29 is 9.59 Å². The zero-order valence-corrected chi connectivity index (χ0v) is 11.8. The average molecular weight is 273 g/mol. The Balaban J connectivity index is 2.29. The lowest BCUT2D eigenvalue weighted by Gasteiger charge is -2.20. The second-order valence-corrected chi connectivity index (χ2v) is 4.65. The van der Waals surface area contributed by atoms with Gasteiger partial charge in [0.1, 0.15) is 0 Å². The third-order valence-electron chi connectivity index (χ3n) is 3.21. The van der Waals surface area contributed by atoms with Gasteiger partial charge in [-0.25, -0.2) is 0 Å². The lowest BCUT2D eigenvalue weighted by atomic mass is 10.1. The van der Waals surface area contributed by atoms with Crippen molar-refractivity contribution in [2.45, 2.75) is 13.3 Å². The topological polar surface area (TPSA) is 65.2 Å². The molecule has 0 saturated heterocycles. The number of carbonyl (C=O) groups is 2. The Morgan fingerprint density at radius 1 is 1.30 bits per heavy atom. The summed E-state index contributed by atoms with van der Waals surface area (Å²) in [5.41, 5.74) is 1.53. The molecule has 0 spiro atoms. The Hall–Kier alpha value is -2.30. The number of H-pyrrole nitrogens is 1. The molecule has 0 saturated carbocycles. The van der Waals surface area contributed by atoms with Gasteiger partial charge in [-0.1, -0.05) is 25.1 Å². The van der Waals surface area contributed by atoms with Gasteiger partial charge < -0.3 is 15.2 Å². The first-order valence-corrected chi connectivity index (χ1v) is 6.73. The Kier molecular flexibility index (Phi) is 4.40. The van der Waals surface area contributed by atoms with E-state index in [4.69, 9.17) is 0 Å². The van der Waals surface area contributed by atoms with Crippen LogP contribution in [0.25, 0.3) is 10.9 Å². The first kappa shape index (κ1) is 14.1. The van der Waals surface area contributed by atoms with Crippen molar-refractivity contribution >= 4 is 22.7 Å². The highest BCUT2D eigenvalue weighted by Crippen LogP contribution is 2.19. The predicted molar refractivity (Wildman–Crippen MR) is 78.6 cm³/mol. The van der Waals surface area contributed by atoms with E-state index < -0.39 is 0 Å². The Morgan fingerprint density at radius 3 is 2.75 bits per heavy atom. The van der Waals surface area contributed by atoms with Gasteiger partial charge in [0.2, 0.25) is 5.91 Å². The monoisotopic (exact) mass is 273 g/mol. The molecule has 1 aromatic carbocycles. The third kappa shape index (κ3) is 2.82. The van der Waals surface area contributed by atoms with Crippen molar-refractivity contribution in [2.75, 3.05) is 20.1 Å². The van der Waals surface area contributed by atoms with Gasteiger partial charge in [0.25, 0.3) is 5.91 Å². The van der Waals surface area contributed by atoms with E-state index in [0.29, 0.717) is 12.1 Å². The minimum atomic E-state index is -0.161. The van der Waals surface area contributed by atoms with Crippen molar-refractivity contribution in [3.63, 3.8) is 0 Å². The van der Waals surface area contributed by atoms with E-state index in [0.717, 1.165) is 17.3 Å². The minimum absolute atomic E-state index is 0.0860. The number of aromatic amines is 1. The molecule has 0 aliphatic heterocycles. The van der Waals surface area contributed by atoms with E-state index in [9.17, 15) is 9.59 Å². The van der Waals surface area contributed by atoms with Crippen LogP contribution in [-0.4, -0.2) is 41.8 Å². The number of hydrogen-bond donors (Lipinski definition) is 2. The van der Waals surface area contributed by atoms with E-state index in [1.807, 2.05) is 31.2 Å². The molecular formula is C15H19N3O2. The number of aromatic nitrogens is 1. The van der Waals surface area contributed by atoms with Crippen LogP contribution in [0.4, 0.5) is 0 Å². The van der Waals surface area contributed by atoms with Crippen molar-refractivity contribution in [3.8, 4) is 0 Å². The van der Waals surface area contributed by atoms with Crippen LogP contribution < -0.4 is 5.32 Å². The molecule has 5 heteroatoms. The molecule has 0 aliphatic rings. The van der Waals surface area contributed by atoms with Crippen LogP contribution in [0.2, 0.25) is 0 Å². The van der Waals surface area contributed by atoms with Gasteiger partial charge in [-0.3, -0.25) is 9.59 Å². The summed E-state index contributed by atoms with van der Waals surface area (Å²) in [5.74, 6) is -0.278. The molecule has 2 rings (SSSR count). The van der Waals surface area contributed by atoms with E-state index >= 15 is 0 Å². The van der Waals surface area contributed by atoms with Crippen molar-refractivity contribution in [1.82, 2.24) is 15.2 Å². The van der Waals surface area contributed by atoms with Crippen LogP contribution >= 0.6 is 0 Å². The number of nitrogens with one attached hydrogen (secondary N) is 2. The summed E-state index contributed by atoms with van der Waals surface area (Å²) in [4.78, 5) is 28.8. The maximum atomic E-state index is 12.6. The highest BCUT2D eigenvalue weighted by Gasteiger charge is 2.20. The maximum absolute atomic E-state index is 12.6. The molecule has 20 heavy (non-hydrogen) atoms. The summed E-state index contributed by atoms with van der Waals surface area (Å²) in [7, 11) is 1.57. The highest BCUT2D eigenvalue weighted by atomic mass is 16.2. The zero-order chi connectivity index (χ0) is 14.5. The van der Waals surface area contributed by atoms with Gasteiger partial charge in [0.05, 0.1) is 12.1 Å². The molecule has 0 atom stereocenters. The van der Waals surface area contributed by atoms with Gasteiger partial charge in [0.15, 0.2) is 0 Å². The fourth-order valence-corrected chi connectivity index (χ4v) is 2.19. The minimum Gasteiger partial charge on any atom is -0.360 e. The molecule has 1 heterocycles. The molecular weight excluding hydrogens is 254 g/mol. The number of para-hydroxylation sites is 1. The number of rotatable bonds is 5. The number of likely N-dealkylation sites (N-methyl/N-ethyl adjacent to an activating group) is 1. The Bertz CT molecular complexity index is 618. The Labute approximate surface area is 118 Å². The van der Waals surface area contributed by atoms with E-state index in [1.54, 1.807) is 18.1 Å². The molecule has 0 unspecified atom stereocenters. The van der Waals surface area contributed by atoms with Gasteiger partial charge in [-0.2, -0.15) is 0 Å². The molecule has 2 N–H and O–H groups in total. The van der Waals surface area contributed by atoms with Crippen molar-refractivity contribution in [3.05, 3.63) is 36.0 Å². The number of carbonyl (C=O) groups excluding carboxylic acids is 2. The molecule has 0 bridgehead atoms. The highest BCUT2D eigenvalue weighted by molar-refractivity contribution is 6.07. The molecule has 2 aromatic rings. The predicted octanol–water partition coefficient (Wildman–Crippen LogP) is 1.77. The summed E-state index contributed by atoms with van der Waals surface area (Å²) in [6.07, 6.45) is 2.52. The SMILES string of the molecule is CCCN(CC(=O)NC)C(=O)c1c[nH]c2ccccc12. The number of hydrogen-bond acceptors (Lipinski definition) is 2. The van der Waals surface area contributed by atoms with Crippen LogP contribution in [0.5, 0.6) is 0 Å². The van der Waals surface area contributed by atoms with Crippen LogP contribution in [-0.2, 0) is 4.79 Å². The van der Waals surface area contributed by atoms with E-state index in [1.165, 1.54) is 0 Å². The summed E-state index contributed by atoms with van der Waals surface area (Å²) in [6.45, 7) is 2.63. The lowest BCUT2D eigenvalue weighted by molar-refractivity contribution is -0.121. The molecule has 0 aliphatic carbocycles. The second-order valence-electron chi connectivity index (χ2n) is 4.65. The normalized spacial score (nSPS) is 10.5. The Morgan fingerprint density at radius 2 is 2.05 bits per heavy atom. The smallest absolute Gasteiger partial charge is 0.256 e. The first-order chi connectivity index (χ1) is 9.67. The van der Waals surface area contributed by atoms with Gasteiger partial charge in [-0.15, -0.1) is 0 Å². The van der Waals surface area contributed by atoms with Gasteiger partial charge in [0, 0.05) is 30.7 Å². The van der Waals surface area contributed by atoms with Crippen LogP contribution in [0.1, 0.15) is 23.7 Å². The third-order valence-corrected chi connectivity index (χ3v) is 3.21. The first-order valence-electron chi connectivity index (χ1n) is 6.73. The fraction of sp³-hybridized carbons (Fsp3) is 0.333. The molecule has 5 nitrogen and oxygen atoms in total. The average Bonchev–Trinajstić information content (AvgIpc) is 2.89. The standard InChI is InChI=1S/C15H19N3O2/c1-3-8-18(10-14(19)16-2)15(20)12-9-17-13-7-5-4-6-11(12)13/h4-7,9,17H,3,8,10H2,1-2H3,(H,16,19). The lowest BCUT2D eigenvalue weighted by Crippen LogP contribution is -2.40. The summed E-state index contributed by atoms with van der Waals surface area (Å²) in [6, 6.07) is 7.65. The number of nitrogens with zero attached hydrogens (tertiary/aromatic N) is 1. The summed E-state index contributed by atoms with van der Waals surface area (Å²) >= 11 is 0. The van der Waals surface area contributed by atoms with Crippen LogP contribution in [0.3, 0.4) is 0 Å². The molecule has 2 amide bonds. The molecule has 0 radical (unpaired) electrons. The quantitative estimate of drug-likeness (QED) is 0.872.